The first-order valence-corrected chi connectivity index (χ1v) is 7.47. The second kappa shape index (κ2) is 10.0. The van der Waals surface area contributed by atoms with Crippen molar-refractivity contribution in [3.8, 4) is 5.75 Å². The fourth-order valence-corrected chi connectivity index (χ4v) is 1.77. The van der Waals surface area contributed by atoms with Crippen LogP contribution in [0.1, 0.15) is 19.4 Å². The normalized spacial score (nSPS) is 10.5. The lowest BCUT2D eigenvalue weighted by molar-refractivity contribution is -0.159. The molecule has 0 heterocycles. The van der Waals surface area contributed by atoms with Gasteiger partial charge in [0, 0.05) is 6.08 Å². The zero-order chi connectivity index (χ0) is 17.9. The van der Waals surface area contributed by atoms with Crippen LogP contribution in [-0.4, -0.2) is 44.2 Å². The van der Waals surface area contributed by atoms with Gasteiger partial charge in [-0.3, -0.25) is 4.79 Å². The number of methoxy groups -OCH3 is 1. The Hall–Kier alpha value is -2.83. The third kappa shape index (κ3) is 6.12. The molecule has 7 nitrogen and oxygen atoms in total. The van der Waals surface area contributed by atoms with E-state index in [1.807, 2.05) is 0 Å². The molecule has 1 amide bonds. The zero-order valence-corrected chi connectivity index (χ0v) is 13.9. The number of hydrogen-bond acceptors (Lipinski definition) is 6. The van der Waals surface area contributed by atoms with Gasteiger partial charge in [-0.05, 0) is 37.6 Å². The lowest BCUT2D eigenvalue weighted by Crippen LogP contribution is -2.47. The predicted molar refractivity (Wildman–Crippen MR) is 87.2 cm³/mol. The van der Waals surface area contributed by atoms with E-state index in [-0.39, 0.29) is 13.2 Å². The molecule has 0 aliphatic carbocycles. The fourth-order valence-electron chi connectivity index (χ4n) is 1.77. The Bertz CT molecular complexity index is 593. The van der Waals surface area contributed by atoms with Crippen LogP contribution >= 0.6 is 0 Å². The van der Waals surface area contributed by atoms with E-state index in [0.717, 1.165) is 5.56 Å². The molecule has 130 valence electrons. The van der Waals surface area contributed by atoms with Crippen molar-refractivity contribution in [1.29, 1.82) is 0 Å². The molecular formula is C17H21NO6. The number of esters is 2. The summed E-state index contributed by atoms with van der Waals surface area (Å²) in [5.41, 5.74) is 0.730. The van der Waals surface area contributed by atoms with Crippen LogP contribution in [0.4, 0.5) is 0 Å². The quantitative estimate of drug-likeness (QED) is 0.438. The van der Waals surface area contributed by atoms with Gasteiger partial charge in [0.25, 0.3) is 0 Å². The van der Waals surface area contributed by atoms with Gasteiger partial charge in [-0.15, -0.1) is 0 Å². The summed E-state index contributed by atoms with van der Waals surface area (Å²) in [5.74, 6) is -1.70. The second-order valence-corrected chi connectivity index (χ2v) is 4.56. The zero-order valence-electron chi connectivity index (χ0n) is 13.9. The lowest BCUT2D eigenvalue weighted by atomic mass is 10.2. The molecule has 1 rings (SSSR count). The van der Waals surface area contributed by atoms with E-state index >= 15 is 0 Å². The summed E-state index contributed by atoms with van der Waals surface area (Å²) >= 11 is 0. The topological polar surface area (TPSA) is 90.9 Å². The summed E-state index contributed by atoms with van der Waals surface area (Å²) in [4.78, 5) is 35.5. The van der Waals surface area contributed by atoms with Crippen molar-refractivity contribution in [2.75, 3.05) is 20.3 Å². The van der Waals surface area contributed by atoms with Gasteiger partial charge in [-0.25, -0.2) is 9.59 Å². The predicted octanol–water partition coefficient (Wildman–Crippen LogP) is 1.32. The number of hydrogen-bond donors (Lipinski definition) is 1. The summed E-state index contributed by atoms with van der Waals surface area (Å²) in [6.07, 6.45) is 2.74. The number of nitrogens with one attached hydrogen (secondary N) is 1. The molecule has 1 aromatic carbocycles. The molecule has 0 aliphatic rings. The third-order valence-corrected chi connectivity index (χ3v) is 2.85. The SMILES string of the molecule is CCOC(=O)C(NC(=O)/C=C/c1cccc(OC)c1)C(=O)OCC. The fraction of sp³-hybridized carbons (Fsp3) is 0.353. The van der Waals surface area contributed by atoms with Crippen molar-refractivity contribution in [1.82, 2.24) is 5.32 Å². The van der Waals surface area contributed by atoms with Gasteiger partial charge in [0.1, 0.15) is 5.75 Å². The Morgan fingerprint density at radius 1 is 1.12 bits per heavy atom. The maximum absolute atomic E-state index is 12.0. The van der Waals surface area contributed by atoms with E-state index in [1.54, 1.807) is 45.2 Å². The molecule has 1 aromatic rings. The van der Waals surface area contributed by atoms with Crippen LogP contribution < -0.4 is 10.1 Å². The van der Waals surface area contributed by atoms with Crippen LogP contribution in [0.2, 0.25) is 0 Å². The summed E-state index contributed by atoms with van der Waals surface area (Å²) in [7, 11) is 1.54. The third-order valence-electron chi connectivity index (χ3n) is 2.85. The molecular weight excluding hydrogens is 314 g/mol. The highest BCUT2D eigenvalue weighted by molar-refractivity contribution is 6.04. The number of ether oxygens (including phenoxy) is 3. The largest absolute Gasteiger partial charge is 0.497 e. The summed E-state index contributed by atoms with van der Waals surface area (Å²) in [5, 5.41) is 2.28. The highest BCUT2D eigenvalue weighted by atomic mass is 16.6. The minimum atomic E-state index is -1.49. The van der Waals surface area contributed by atoms with Gasteiger partial charge in [-0.2, -0.15) is 0 Å². The molecule has 0 atom stereocenters. The van der Waals surface area contributed by atoms with Crippen LogP contribution in [-0.2, 0) is 23.9 Å². The Labute approximate surface area is 140 Å². The molecule has 0 saturated heterocycles. The molecule has 0 radical (unpaired) electrons. The number of benzene rings is 1. The van der Waals surface area contributed by atoms with Gasteiger partial charge in [-0.1, -0.05) is 12.1 Å². The summed E-state index contributed by atoms with van der Waals surface area (Å²) in [6.45, 7) is 3.38. The van der Waals surface area contributed by atoms with Gasteiger partial charge in [0.15, 0.2) is 0 Å². The Morgan fingerprint density at radius 2 is 1.75 bits per heavy atom. The van der Waals surface area contributed by atoms with Crippen molar-refractivity contribution in [2.45, 2.75) is 19.9 Å². The highest BCUT2D eigenvalue weighted by Crippen LogP contribution is 2.13. The van der Waals surface area contributed by atoms with Crippen LogP contribution in [0.3, 0.4) is 0 Å². The van der Waals surface area contributed by atoms with Crippen molar-refractivity contribution >= 4 is 23.9 Å². The maximum Gasteiger partial charge on any atom is 0.340 e. The van der Waals surface area contributed by atoms with Crippen molar-refractivity contribution in [3.63, 3.8) is 0 Å². The molecule has 0 fully saturated rings. The number of amides is 1. The highest BCUT2D eigenvalue weighted by Gasteiger charge is 2.30. The van der Waals surface area contributed by atoms with Crippen molar-refractivity contribution < 1.29 is 28.6 Å². The molecule has 0 spiro atoms. The first-order valence-electron chi connectivity index (χ1n) is 7.47. The van der Waals surface area contributed by atoms with Gasteiger partial charge in [0.05, 0.1) is 20.3 Å². The van der Waals surface area contributed by atoms with E-state index in [1.165, 1.54) is 12.2 Å². The van der Waals surface area contributed by atoms with Crippen LogP contribution in [0.5, 0.6) is 5.75 Å². The number of carbonyl (C=O) groups is 3. The van der Waals surface area contributed by atoms with Crippen molar-refractivity contribution in [2.24, 2.45) is 0 Å². The van der Waals surface area contributed by atoms with Crippen LogP contribution in [0, 0.1) is 0 Å². The van der Waals surface area contributed by atoms with E-state index < -0.39 is 23.9 Å². The Balaban J connectivity index is 2.77. The average molecular weight is 335 g/mol. The van der Waals surface area contributed by atoms with Gasteiger partial charge < -0.3 is 19.5 Å². The van der Waals surface area contributed by atoms with E-state index in [2.05, 4.69) is 5.32 Å². The standard InChI is InChI=1S/C17H21NO6/c1-4-23-16(20)15(17(21)24-5-2)18-14(19)10-9-12-7-6-8-13(11-12)22-3/h6-11,15H,4-5H2,1-3H3,(H,18,19)/b10-9+. The van der Waals surface area contributed by atoms with Gasteiger partial charge >= 0.3 is 11.9 Å². The van der Waals surface area contributed by atoms with Crippen molar-refractivity contribution in [3.05, 3.63) is 35.9 Å². The molecule has 0 unspecified atom stereocenters. The summed E-state index contributed by atoms with van der Waals surface area (Å²) in [6, 6.07) is 5.57. The smallest absolute Gasteiger partial charge is 0.340 e. The summed E-state index contributed by atoms with van der Waals surface area (Å²) < 4.78 is 14.6. The molecule has 0 bridgehead atoms. The average Bonchev–Trinajstić information content (AvgIpc) is 2.58. The minimum absolute atomic E-state index is 0.0876. The number of carbonyl (C=O) groups excluding carboxylic acids is 3. The first kappa shape index (κ1) is 19.2. The molecule has 1 N–H and O–H groups in total. The van der Waals surface area contributed by atoms with Crippen LogP contribution in [0.15, 0.2) is 30.3 Å². The number of rotatable bonds is 8. The Kier molecular flexibility index (Phi) is 8.04. The molecule has 0 aromatic heterocycles. The molecule has 24 heavy (non-hydrogen) atoms. The minimum Gasteiger partial charge on any atom is -0.497 e. The molecule has 7 heteroatoms. The Morgan fingerprint density at radius 3 is 2.29 bits per heavy atom. The van der Waals surface area contributed by atoms with E-state index in [9.17, 15) is 14.4 Å². The molecule has 0 saturated carbocycles. The van der Waals surface area contributed by atoms with E-state index in [0.29, 0.717) is 5.75 Å². The van der Waals surface area contributed by atoms with Gasteiger partial charge in [0.2, 0.25) is 11.9 Å². The first-order chi connectivity index (χ1) is 11.5. The van der Waals surface area contributed by atoms with Crippen LogP contribution in [0.25, 0.3) is 6.08 Å². The molecule has 0 aliphatic heterocycles. The second-order valence-electron chi connectivity index (χ2n) is 4.56. The lowest BCUT2D eigenvalue weighted by Gasteiger charge is -2.14. The van der Waals surface area contributed by atoms with E-state index in [4.69, 9.17) is 14.2 Å². The maximum atomic E-state index is 12.0. The monoisotopic (exact) mass is 335 g/mol.